The van der Waals surface area contributed by atoms with E-state index in [-0.39, 0.29) is 17.8 Å². The molecule has 0 aromatic heterocycles. The summed E-state index contributed by atoms with van der Waals surface area (Å²) in [5.41, 5.74) is 1.64. The SMILES string of the molecule is C=C1C(=O)O[C@H]2[C@H]1[C@@H](O)C/C(C)=C/C(=O)/C=C(/C)[C@@H]2OC(=O)/C(C)=C\C. The Kier molecular flexibility index (Phi) is 5.97. The number of carbonyl (C=O) groups is 3. The summed E-state index contributed by atoms with van der Waals surface area (Å²) in [5, 5.41) is 10.6. The second-order valence-electron chi connectivity index (χ2n) is 6.77. The Balaban J connectivity index is 2.52. The number of carbonyl (C=O) groups excluding carboxylic acids is 3. The standard InChI is InChI=1S/C20H24O6/c1-6-11(3)19(23)25-17-12(4)9-14(21)7-10(2)8-15(22)16-13(5)20(24)26-18(16)17/h6-7,9,15-18,22H,5,8H2,1-4H3/b10-7+,11-6-,12-9-/t15-,16+,17-,18-/m0/s1. The molecule has 1 heterocycles. The first kappa shape index (κ1) is 19.8. The predicted octanol–water partition coefficient (Wildman–Crippen LogP) is 2.19. The molecule has 0 spiro atoms. The molecule has 0 aromatic carbocycles. The summed E-state index contributed by atoms with van der Waals surface area (Å²) in [7, 11) is 0. The van der Waals surface area contributed by atoms with Crippen LogP contribution in [0.4, 0.5) is 0 Å². The third-order valence-corrected chi connectivity index (χ3v) is 4.70. The largest absolute Gasteiger partial charge is 0.454 e. The minimum Gasteiger partial charge on any atom is -0.454 e. The summed E-state index contributed by atoms with van der Waals surface area (Å²) in [4.78, 5) is 36.5. The molecule has 2 aliphatic rings. The summed E-state index contributed by atoms with van der Waals surface area (Å²) in [6, 6.07) is 0. The quantitative estimate of drug-likeness (QED) is 0.600. The molecule has 140 valence electrons. The number of esters is 2. The Morgan fingerprint density at radius 3 is 2.62 bits per heavy atom. The highest BCUT2D eigenvalue weighted by molar-refractivity contribution is 6.00. The molecule has 1 fully saturated rings. The van der Waals surface area contributed by atoms with Crippen LogP contribution in [0.15, 0.2) is 47.1 Å². The van der Waals surface area contributed by atoms with Gasteiger partial charge >= 0.3 is 11.9 Å². The minimum absolute atomic E-state index is 0.138. The van der Waals surface area contributed by atoms with Crippen LogP contribution in [0.3, 0.4) is 0 Å². The average Bonchev–Trinajstić information content (AvgIpc) is 2.85. The number of ether oxygens (including phenoxy) is 2. The van der Waals surface area contributed by atoms with Gasteiger partial charge < -0.3 is 14.6 Å². The fraction of sp³-hybridized carbons (Fsp3) is 0.450. The van der Waals surface area contributed by atoms with Gasteiger partial charge in [-0.3, -0.25) is 4.79 Å². The smallest absolute Gasteiger partial charge is 0.334 e. The zero-order valence-electron chi connectivity index (χ0n) is 15.4. The number of hydrogen-bond donors (Lipinski definition) is 1. The van der Waals surface area contributed by atoms with E-state index < -0.39 is 36.2 Å². The van der Waals surface area contributed by atoms with Crippen LogP contribution < -0.4 is 0 Å². The van der Waals surface area contributed by atoms with Gasteiger partial charge in [0, 0.05) is 11.1 Å². The summed E-state index contributed by atoms with van der Waals surface area (Å²) in [5.74, 6) is -2.23. The third kappa shape index (κ3) is 4.02. The number of ketones is 1. The molecule has 0 bridgehead atoms. The van der Waals surface area contributed by atoms with Crippen LogP contribution in [0, 0.1) is 5.92 Å². The molecule has 26 heavy (non-hydrogen) atoms. The third-order valence-electron chi connectivity index (χ3n) is 4.70. The Labute approximate surface area is 152 Å². The van der Waals surface area contributed by atoms with Gasteiger partial charge in [-0.25, -0.2) is 9.59 Å². The molecule has 0 saturated carbocycles. The normalized spacial score (nSPS) is 34.2. The second kappa shape index (κ2) is 7.83. The van der Waals surface area contributed by atoms with Crippen LogP contribution in [0.5, 0.6) is 0 Å². The van der Waals surface area contributed by atoms with Crippen molar-refractivity contribution in [1.82, 2.24) is 0 Å². The van der Waals surface area contributed by atoms with Crippen molar-refractivity contribution in [3.8, 4) is 0 Å². The Bertz CT molecular complexity index is 739. The van der Waals surface area contributed by atoms with Crippen LogP contribution in [-0.4, -0.2) is 41.1 Å². The highest BCUT2D eigenvalue weighted by Crippen LogP contribution is 2.37. The maximum Gasteiger partial charge on any atom is 0.334 e. The van der Waals surface area contributed by atoms with E-state index in [0.29, 0.717) is 16.7 Å². The van der Waals surface area contributed by atoms with Gasteiger partial charge in [-0.1, -0.05) is 18.2 Å². The lowest BCUT2D eigenvalue weighted by Gasteiger charge is -2.30. The van der Waals surface area contributed by atoms with Gasteiger partial charge in [-0.2, -0.15) is 0 Å². The molecule has 6 heteroatoms. The summed E-state index contributed by atoms with van der Waals surface area (Å²) in [6.07, 6.45) is 1.65. The van der Waals surface area contributed by atoms with Gasteiger partial charge in [-0.05, 0) is 51.8 Å². The first-order chi connectivity index (χ1) is 12.1. The average molecular weight is 360 g/mol. The molecule has 2 rings (SSSR count). The van der Waals surface area contributed by atoms with E-state index in [1.807, 2.05) is 0 Å². The van der Waals surface area contributed by atoms with E-state index in [1.54, 1.807) is 33.8 Å². The molecule has 1 aliphatic heterocycles. The summed E-state index contributed by atoms with van der Waals surface area (Å²) in [6.45, 7) is 10.4. The van der Waals surface area contributed by atoms with Crippen LogP contribution in [-0.2, 0) is 23.9 Å². The van der Waals surface area contributed by atoms with Crippen LogP contribution >= 0.6 is 0 Å². The Morgan fingerprint density at radius 2 is 2.00 bits per heavy atom. The number of hydrogen-bond acceptors (Lipinski definition) is 6. The van der Waals surface area contributed by atoms with Gasteiger partial charge in [-0.15, -0.1) is 0 Å². The van der Waals surface area contributed by atoms with Crippen LogP contribution in [0.25, 0.3) is 0 Å². The molecule has 1 N–H and O–H groups in total. The molecule has 0 aromatic rings. The van der Waals surface area contributed by atoms with Gasteiger partial charge in [0.1, 0.15) is 0 Å². The van der Waals surface area contributed by atoms with E-state index in [2.05, 4.69) is 6.58 Å². The molecular formula is C20H24O6. The zero-order valence-corrected chi connectivity index (χ0v) is 15.4. The maximum atomic E-state index is 12.3. The molecular weight excluding hydrogens is 336 g/mol. The number of fused-ring (bicyclic) bond motifs is 1. The monoisotopic (exact) mass is 360 g/mol. The molecule has 0 radical (unpaired) electrons. The van der Waals surface area contributed by atoms with E-state index in [0.717, 1.165) is 0 Å². The molecule has 0 unspecified atom stereocenters. The van der Waals surface area contributed by atoms with E-state index in [9.17, 15) is 19.5 Å². The second-order valence-corrected chi connectivity index (χ2v) is 6.77. The molecule has 0 amide bonds. The van der Waals surface area contributed by atoms with E-state index in [1.165, 1.54) is 12.2 Å². The van der Waals surface area contributed by atoms with Crippen LogP contribution in [0.1, 0.15) is 34.1 Å². The molecule has 1 saturated heterocycles. The van der Waals surface area contributed by atoms with Crippen molar-refractivity contribution in [2.24, 2.45) is 5.92 Å². The van der Waals surface area contributed by atoms with Crippen molar-refractivity contribution in [1.29, 1.82) is 0 Å². The maximum absolute atomic E-state index is 12.3. The van der Waals surface area contributed by atoms with E-state index >= 15 is 0 Å². The highest BCUT2D eigenvalue weighted by Gasteiger charge is 2.48. The van der Waals surface area contributed by atoms with Gasteiger partial charge in [0.2, 0.25) is 0 Å². The minimum atomic E-state index is -0.990. The highest BCUT2D eigenvalue weighted by atomic mass is 16.6. The fourth-order valence-corrected chi connectivity index (χ4v) is 3.16. The lowest BCUT2D eigenvalue weighted by atomic mass is 9.83. The van der Waals surface area contributed by atoms with Crippen molar-refractivity contribution in [2.45, 2.75) is 52.4 Å². The topological polar surface area (TPSA) is 89.9 Å². The first-order valence-electron chi connectivity index (χ1n) is 8.46. The van der Waals surface area contributed by atoms with Gasteiger partial charge in [0.25, 0.3) is 0 Å². The molecule has 1 aliphatic carbocycles. The number of rotatable bonds is 2. The van der Waals surface area contributed by atoms with Gasteiger partial charge in [0.05, 0.1) is 12.0 Å². The van der Waals surface area contributed by atoms with Gasteiger partial charge in [0.15, 0.2) is 18.0 Å². The van der Waals surface area contributed by atoms with E-state index in [4.69, 9.17) is 9.47 Å². The van der Waals surface area contributed by atoms with Crippen molar-refractivity contribution < 1.29 is 29.0 Å². The van der Waals surface area contributed by atoms with Crippen molar-refractivity contribution in [3.63, 3.8) is 0 Å². The molecule has 6 nitrogen and oxygen atoms in total. The summed E-state index contributed by atoms with van der Waals surface area (Å²) < 4.78 is 10.9. The predicted molar refractivity (Wildman–Crippen MR) is 95.0 cm³/mol. The Morgan fingerprint density at radius 1 is 1.35 bits per heavy atom. The number of aliphatic hydroxyl groups excluding tert-OH is 1. The lowest BCUT2D eigenvalue weighted by Crippen LogP contribution is -2.41. The van der Waals surface area contributed by atoms with Crippen molar-refractivity contribution in [2.75, 3.05) is 0 Å². The number of aliphatic hydroxyl groups is 1. The summed E-state index contributed by atoms with van der Waals surface area (Å²) >= 11 is 0. The first-order valence-corrected chi connectivity index (χ1v) is 8.46. The Hall–Kier alpha value is -2.47. The van der Waals surface area contributed by atoms with Crippen LogP contribution in [0.2, 0.25) is 0 Å². The number of allylic oxidation sites excluding steroid dienone is 3. The molecule has 4 atom stereocenters. The van der Waals surface area contributed by atoms with Crippen molar-refractivity contribution >= 4 is 17.7 Å². The lowest BCUT2D eigenvalue weighted by molar-refractivity contribution is -0.157. The fourth-order valence-electron chi connectivity index (χ4n) is 3.16. The van der Waals surface area contributed by atoms with Crippen molar-refractivity contribution in [3.05, 3.63) is 47.1 Å². The zero-order chi connectivity index (χ0) is 19.6.